The topological polar surface area (TPSA) is 100 Å². The summed E-state index contributed by atoms with van der Waals surface area (Å²) >= 11 is 0. The molecule has 0 fully saturated rings. The summed E-state index contributed by atoms with van der Waals surface area (Å²) in [6, 6.07) is 5.13. The highest BCUT2D eigenvalue weighted by Crippen LogP contribution is 2.36. The summed E-state index contributed by atoms with van der Waals surface area (Å²) in [5.41, 5.74) is -0.318. The van der Waals surface area contributed by atoms with Gasteiger partial charge in [0.2, 0.25) is 5.43 Å². The van der Waals surface area contributed by atoms with E-state index in [2.05, 4.69) is 0 Å². The van der Waals surface area contributed by atoms with Crippen LogP contribution < -0.4 is 10.2 Å². The molecule has 0 saturated carbocycles. The molecule has 3 N–H and O–H groups in total. The predicted octanol–water partition coefficient (Wildman–Crippen LogP) is 2.07. The van der Waals surface area contributed by atoms with Crippen molar-refractivity contribution in [2.24, 2.45) is 0 Å². The van der Waals surface area contributed by atoms with E-state index in [0.29, 0.717) is 0 Å². The van der Waals surface area contributed by atoms with Crippen molar-refractivity contribution >= 4 is 21.9 Å². The monoisotopic (exact) mass is 274 g/mol. The molecule has 20 heavy (non-hydrogen) atoms. The third kappa shape index (κ3) is 1.55. The van der Waals surface area contributed by atoms with E-state index in [1.807, 2.05) is 0 Å². The Morgan fingerprint density at radius 3 is 2.50 bits per heavy atom. The molecule has 0 bridgehead atoms. The zero-order valence-electron chi connectivity index (χ0n) is 10.4. The average Bonchev–Trinajstić information content (AvgIpc) is 2.41. The van der Waals surface area contributed by atoms with Gasteiger partial charge in [-0.25, -0.2) is 0 Å². The van der Waals surface area contributed by atoms with Gasteiger partial charge in [-0.1, -0.05) is 0 Å². The van der Waals surface area contributed by atoms with Gasteiger partial charge in [-0.2, -0.15) is 0 Å². The normalized spacial score (nSPS) is 11.1. The van der Waals surface area contributed by atoms with Crippen molar-refractivity contribution in [2.45, 2.75) is 0 Å². The van der Waals surface area contributed by atoms with Gasteiger partial charge in [0.05, 0.1) is 7.11 Å². The second-order valence-corrected chi connectivity index (χ2v) is 4.26. The first-order valence-electron chi connectivity index (χ1n) is 5.71. The zero-order valence-corrected chi connectivity index (χ0v) is 10.4. The standard InChI is InChI=1S/C14H10O6/c1-19-9-4-6(15)5-10-11(9)14(18)12-8(20-10)3-2-7(16)13(12)17/h2-5,15-17H,1H3. The van der Waals surface area contributed by atoms with Crippen molar-refractivity contribution < 1.29 is 24.5 Å². The number of aromatic hydroxyl groups is 3. The molecule has 0 aliphatic rings. The van der Waals surface area contributed by atoms with Crippen LogP contribution in [-0.4, -0.2) is 22.4 Å². The van der Waals surface area contributed by atoms with Crippen LogP contribution in [0.2, 0.25) is 0 Å². The van der Waals surface area contributed by atoms with Gasteiger partial charge in [-0.3, -0.25) is 4.79 Å². The van der Waals surface area contributed by atoms with Crippen LogP contribution in [0.5, 0.6) is 23.0 Å². The van der Waals surface area contributed by atoms with Gasteiger partial charge < -0.3 is 24.5 Å². The largest absolute Gasteiger partial charge is 0.508 e. The molecule has 0 atom stereocenters. The quantitative estimate of drug-likeness (QED) is 0.464. The lowest BCUT2D eigenvalue weighted by atomic mass is 10.1. The highest BCUT2D eigenvalue weighted by molar-refractivity contribution is 5.97. The molecular formula is C14H10O6. The third-order valence-electron chi connectivity index (χ3n) is 3.06. The van der Waals surface area contributed by atoms with E-state index in [0.717, 1.165) is 0 Å². The lowest BCUT2D eigenvalue weighted by Gasteiger charge is -2.08. The molecule has 6 heteroatoms. The number of phenolic OH excluding ortho intramolecular Hbond substituents is 3. The Morgan fingerprint density at radius 2 is 1.80 bits per heavy atom. The molecule has 1 heterocycles. The number of ether oxygens (including phenoxy) is 1. The first-order chi connectivity index (χ1) is 9.52. The van der Waals surface area contributed by atoms with Gasteiger partial charge in [0.25, 0.3) is 0 Å². The fourth-order valence-electron chi connectivity index (χ4n) is 2.15. The Bertz CT molecular complexity index is 894. The molecule has 3 aromatic rings. The lowest BCUT2D eigenvalue weighted by Crippen LogP contribution is -2.04. The SMILES string of the molecule is COc1cc(O)cc2oc3ccc(O)c(O)c3c(=O)c12. The maximum atomic E-state index is 12.5. The lowest BCUT2D eigenvalue weighted by molar-refractivity contribution is 0.406. The van der Waals surface area contributed by atoms with Gasteiger partial charge in [-0.05, 0) is 12.1 Å². The van der Waals surface area contributed by atoms with E-state index in [4.69, 9.17) is 9.15 Å². The first kappa shape index (κ1) is 12.2. The van der Waals surface area contributed by atoms with E-state index in [9.17, 15) is 20.1 Å². The number of rotatable bonds is 1. The molecule has 0 aliphatic carbocycles. The van der Waals surface area contributed by atoms with Crippen LogP contribution in [-0.2, 0) is 0 Å². The molecule has 0 aliphatic heterocycles. The fraction of sp³-hybridized carbons (Fsp3) is 0.0714. The summed E-state index contributed by atoms with van der Waals surface area (Å²) in [4.78, 5) is 12.5. The van der Waals surface area contributed by atoms with Crippen molar-refractivity contribution in [1.82, 2.24) is 0 Å². The van der Waals surface area contributed by atoms with Crippen LogP contribution in [0.3, 0.4) is 0 Å². The maximum absolute atomic E-state index is 12.5. The zero-order chi connectivity index (χ0) is 14.4. The Morgan fingerprint density at radius 1 is 1.05 bits per heavy atom. The van der Waals surface area contributed by atoms with Gasteiger partial charge in [-0.15, -0.1) is 0 Å². The molecule has 2 aromatic carbocycles. The average molecular weight is 274 g/mol. The van der Waals surface area contributed by atoms with E-state index in [1.54, 1.807) is 0 Å². The number of methoxy groups -OCH3 is 1. The van der Waals surface area contributed by atoms with Gasteiger partial charge in [0.15, 0.2) is 11.5 Å². The number of hydrogen-bond donors (Lipinski definition) is 3. The van der Waals surface area contributed by atoms with Crippen LogP contribution in [0.1, 0.15) is 0 Å². The minimum atomic E-state index is -0.550. The van der Waals surface area contributed by atoms with E-state index >= 15 is 0 Å². The summed E-state index contributed by atoms with van der Waals surface area (Å²) in [5.74, 6) is -0.951. The molecule has 1 aromatic heterocycles. The summed E-state index contributed by atoms with van der Waals surface area (Å²) in [7, 11) is 1.35. The van der Waals surface area contributed by atoms with E-state index < -0.39 is 16.9 Å². The van der Waals surface area contributed by atoms with Gasteiger partial charge in [0, 0.05) is 12.1 Å². The Hall–Kier alpha value is -2.89. The maximum Gasteiger partial charge on any atom is 0.208 e. The Labute approximate surface area is 112 Å². The minimum Gasteiger partial charge on any atom is -0.508 e. The van der Waals surface area contributed by atoms with Crippen LogP contribution >= 0.6 is 0 Å². The van der Waals surface area contributed by atoms with Crippen LogP contribution in [0.4, 0.5) is 0 Å². The molecule has 0 radical (unpaired) electrons. The summed E-state index contributed by atoms with van der Waals surface area (Å²) in [5, 5.41) is 28.8. The highest BCUT2D eigenvalue weighted by atomic mass is 16.5. The van der Waals surface area contributed by atoms with Crippen molar-refractivity contribution in [2.75, 3.05) is 7.11 Å². The van der Waals surface area contributed by atoms with Crippen molar-refractivity contribution in [3.63, 3.8) is 0 Å². The second-order valence-electron chi connectivity index (χ2n) is 4.26. The van der Waals surface area contributed by atoms with Crippen molar-refractivity contribution in [3.8, 4) is 23.0 Å². The van der Waals surface area contributed by atoms with Crippen LogP contribution in [0.15, 0.2) is 33.5 Å². The molecule has 3 rings (SSSR count). The van der Waals surface area contributed by atoms with E-state index in [-0.39, 0.29) is 33.4 Å². The smallest absolute Gasteiger partial charge is 0.208 e. The number of fused-ring (bicyclic) bond motifs is 2. The number of hydrogen-bond acceptors (Lipinski definition) is 6. The summed E-state index contributed by atoms with van der Waals surface area (Å²) < 4.78 is 10.5. The minimum absolute atomic E-state index is 0.0821. The summed E-state index contributed by atoms with van der Waals surface area (Å²) in [6.45, 7) is 0. The molecule has 0 unspecified atom stereocenters. The summed E-state index contributed by atoms with van der Waals surface area (Å²) in [6.07, 6.45) is 0. The first-order valence-corrected chi connectivity index (χ1v) is 5.71. The number of benzene rings is 2. The molecule has 0 amide bonds. The highest BCUT2D eigenvalue weighted by Gasteiger charge is 2.17. The molecule has 6 nitrogen and oxygen atoms in total. The Kier molecular flexibility index (Phi) is 2.47. The van der Waals surface area contributed by atoms with Gasteiger partial charge in [0.1, 0.15) is 33.4 Å². The second kappa shape index (κ2) is 4.06. The van der Waals surface area contributed by atoms with Crippen molar-refractivity contribution in [1.29, 1.82) is 0 Å². The Balaban J connectivity index is 2.62. The van der Waals surface area contributed by atoms with Crippen molar-refractivity contribution in [3.05, 3.63) is 34.5 Å². The van der Waals surface area contributed by atoms with Crippen LogP contribution in [0, 0.1) is 0 Å². The molecule has 102 valence electrons. The molecule has 0 saturated heterocycles. The van der Waals surface area contributed by atoms with Gasteiger partial charge >= 0.3 is 0 Å². The molecule has 0 spiro atoms. The van der Waals surface area contributed by atoms with Crippen LogP contribution in [0.25, 0.3) is 21.9 Å². The third-order valence-corrected chi connectivity index (χ3v) is 3.06. The fourth-order valence-corrected chi connectivity index (χ4v) is 2.15. The number of phenols is 3. The molecular weight excluding hydrogens is 264 g/mol. The van der Waals surface area contributed by atoms with E-state index in [1.165, 1.54) is 31.4 Å². The predicted molar refractivity (Wildman–Crippen MR) is 71.5 cm³/mol.